The number of benzene rings is 1. The fourth-order valence-electron chi connectivity index (χ4n) is 1.42. The Kier molecular flexibility index (Phi) is 5.18. The topological polar surface area (TPSA) is 79.1 Å². The van der Waals surface area contributed by atoms with E-state index in [2.05, 4.69) is 4.72 Å². The van der Waals surface area contributed by atoms with Crippen LogP contribution >= 0.6 is 0 Å². The Morgan fingerprint density at radius 1 is 1.53 bits per heavy atom. The summed E-state index contributed by atoms with van der Waals surface area (Å²) in [7, 11) is 0. The maximum Gasteiger partial charge on any atom is 0.136 e. The third kappa shape index (κ3) is 4.39. The number of nitrogens with one attached hydrogen (secondary N) is 1. The van der Waals surface area contributed by atoms with Gasteiger partial charge in [-0.15, -0.1) is 4.72 Å². The van der Waals surface area contributed by atoms with E-state index >= 15 is 0 Å². The monoisotopic (exact) mass is 284 g/mol. The van der Waals surface area contributed by atoms with Crippen LogP contribution in [0.25, 0.3) is 0 Å². The van der Waals surface area contributed by atoms with Gasteiger partial charge in [-0.1, -0.05) is 0 Å². The predicted octanol–water partition coefficient (Wildman–Crippen LogP) is 2.54. The number of aromatic hydroxyl groups is 1. The van der Waals surface area contributed by atoms with Gasteiger partial charge < -0.3 is 9.66 Å². The highest BCUT2D eigenvalue weighted by atomic mass is 32.2. The molecule has 0 saturated carbocycles. The van der Waals surface area contributed by atoms with E-state index in [1.807, 2.05) is 6.07 Å². The molecule has 0 heterocycles. The summed E-state index contributed by atoms with van der Waals surface area (Å²) in [6, 6.07) is 4.75. The molecule has 1 unspecified atom stereocenters. The van der Waals surface area contributed by atoms with Gasteiger partial charge in [0.2, 0.25) is 0 Å². The van der Waals surface area contributed by atoms with Gasteiger partial charge in [-0.3, -0.25) is 0 Å². The highest BCUT2D eigenvalue weighted by molar-refractivity contribution is 7.90. The van der Waals surface area contributed by atoms with Crippen molar-refractivity contribution in [3.63, 3.8) is 0 Å². The van der Waals surface area contributed by atoms with Crippen molar-refractivity contribution in [1.29, 1.82) is 5.26 Å². The second-order valence-electron chi connectivity index (χ2n) is 5.12. The van der Waals surface area contributed by atoms with Gasteiger partial charge >= 0.3 is 0 Å². The first kappa shape index (κ1) is 15.8. The SMILES string of the molecule is CC(C)(C)[S+]([O-])N[C@H](CC#N)c1cc(F)ccc1O. The summed E-state index contributed by atoms with van der Waals surface area (Å²) in [5.74, 6) is -0.640. The van der Waals surface area contributed by atoms with Crippen LogP contribution < -0.4 is 4.72 Å². The summed E-state index contributed by atoms with van der Waals surface area (Å²) in [5, 5.41) is 18.5. The molecule has 1 rings (SSSR count). The van der Waals surface area contributed by atoms with Crippen molar-refractivity contribution in [2.24, 2.45) is 0 Å². The van der Waals surface area contributed by atoms with Crippen LogP contribution in [-0.4, -0.2) is 14.4 Å². The number of hydrogen-bond donors (Lipinski definition) is 2. The molecule has 0 fully saturated rings. The first-order chi connectivity index (χ1) is 8.75. The molecular formula is C13H17FN2O2S. The third-order valence-electron chi connectivity index (χ3n) is 2.47. The zero-order valence-corrected chi connectivity index (χ0v) is 11.9. The Morgan fingerprint density at radius 2 is 2.16 bits per heavy atom. The summed E-state index contributed by atoms with van der Waals surface area (Å²) in [6.07, 6.45) is -0.0150. The maximum absolute atomic E-state index is 13.2. The van der Waals surface area contributed by atoms with Crippen molar-refractivity contribution in [2.45, 2.75) is 38.0 Å². The molecule has 19 heavy (non-hydrogen) atoms. The van der Waals surface area contributed by atoms with E-state index in [1.54, 1.807) is 20.8 Å². The van der Waals surface area contributed by atoms with Crippen LogP contribution in [0, 0.1) is 17.1 Å². The Balaban J connectivity index is 3.01. The summed E-state index contributed by atoms with van der Waals surface area (Å²) < 4.78 is 27.5. The average molecular weight is 284 g/mol. The van der Waals surface area contributed by atoms with E-state index in [1.165, 1.54) is 6.07 Å². The molecule has 0 aliphatic carbocycles. The lowest BCUT2D eigenvalue weighted by molar-refractivity contribution is 0.452. The normalized spacial score (nSPS) is 14.7. The molecule has 104 valence electrons. The van der Waals surface area contributed by atoms with Gasteiger partial charge in [-0.25, -0.2) is 4.39 Å². The molecule has 6 heteroatoms. The quantitative estimate of drug-likeness (QED) is 0.833. The summed E-state index contributed by atoms with van der Waals surface area (Å²) >= 11 is -1.42. The summed E-state index contributed by atoms with van der Waals surface area (Å²) in [6.45, 7) is 5.35. The second kappa shape index (κ2) is 6.24. The van der Waals surface area contributed by atoms with E-state index in [-0.39, 0.29) is 17.7 Å². The molecule has 0 amide bonds. The van der Waals surface area contributed by atoms with Gasteiger partial charge in [0.05, 0.1) is 18.5 Å². The maximum atomic E-state index is 13.2. The molecule has 0 bridgehead atoms. The zero-order chi connectivity index (χ0) is 14.6. The largest absolute Gasteiger partial charge is 0.598 e. The molecule has 1 aromatic rings. The summed E-state index contributed by atoms with van der Waals surface area (Å²) in [4.78, 5) is 0. The van der Waals surface area contributed by atoms with Gasteiger partial charge in [-0.2, -0.15) is 5.26 Å². The van der Waals surface area contributed by atoms with Crippen LogP contribution in [-0.2, 0) is 11.4 Å². The van der Waals surface area contributed by atoms with Crippen molar-refractivity contribution >= 4 is 11.4 Å². The van der Waals surface area contributed by atoms with Crippen molar-refractivity contribution in [1.82, 2.24) is 4.72 Å². The van der Waals surface area contributed by atoms with E-state index in [4.69, 9.17) is 5.26 Å². The molecular weight excluding hydrogens is 267 g/mol. The van der Waals surface area contributed by atoms with E-state index in [0.717, 1.165) is 12.1 Å². The van der Waals surface area contributed by atoms with E-state index in [0.29, 0.717) is 0 Å². The van der Waals surface area contributed by atoms with E-state index < -0.39 is 28.0 Å². The molecule has 0 saturated heterocycles. The van der Waals surface area contributed by atoms with Gasteiger partial charge in [0.25, 0.3) is 0 Å². The lowest BCUT2D eigenvalue weighted by Crippen LogP contribution is -2.41. The smallest absolute Gasteiger partial charge is 0.136 e. The minimum Gasteiger partial charge on any atom is -0.598 e. The lowest BCUT2D eigenvalue weighted by Gasteiger charge is -2.27. The van der Waals surface area contributed by atoms with Crippen molar-refractivity contribution in [3.8, 4) is 11.8 Å². The lowest BCUT2D eigenvalue weighted by atomic mass is 10.0. The Hall–Kier alpha value is -1.29. The second-order valence-corrected chi connectivity index (χ2v) is 7.11. The molecule has 0 radical (unpaired) electrons. The molecule has 0 spiro atoms. The molecule has 0 aliphatic rings. The third-order valence-corrected chi connectivity index (χ3v) is 4.08. The number of phenolic OH excluding ortho intramolecular Hbond substituents is 1. The first-order valence-electron chi connectivity index (χ1n) is 5.79. The van der Waals surface area contributed by atoms with Gasteiger partial charge in [-0.05, 0) is 39.0 Å². The number of nitriles is 1. The van der Waals surface area contributed by atoms with Gasteiger partial charge in [0.1, 0.15) is 16.3 Å². The van der Waals surface area contributed by atoms with Crippen LogP contribution in [0.1, 0.15) is 38.8 Å². The fraction of sp³-hybridized carbons (Fsp3) is 0.462. The van der Waals surface area contributed by atoms with Gasteiger partial charge in [0.15, 0.2) is 0 Å². The summed E-state index contributed by atoms with van der Waals surface area (Å²) in [5.41, 5.74) is 0.235. The van der Waals surface area contributed by atoms with Crippen molar-refractivity contribution in [3.05, 3.63) is 29.6 Å². The molecule has 2 N–H and O–H groups in total. The van der Waals surface area contributed by atoms with E-state index in [9.17, 15) is 14.0 Å². The van der Waals surface area contributed by atoms with Crippen LogP contribution in [0.4, 0.5) is 4.39 Å². The molecule has 4 nitrogen and oxygen atoms in total. The number of halogens is 1. The molecule has 1 aromatic carbocycles. The highest BCUT2D eigenvalue weighted by Crippen LogP contribution is 2.29. The number of hydrogen-bond acceptors (Lipinski definition) is 4. The van der Waals surface area contributed by atoms with Crippen molar-refractivity contribution < 1.29 is 14.0 Å². The van der Waals surface area contributed by atoms with Crippen LogP contribution in [0.2, 0.25) is 0 Å². The number of phenols is 1. The molecule has 0 aromatic heterocycles. The Bertz CT molecular complexity index is 483. The first-order valence-corrected chi connectivity index (χ1v) is 6.94. The molecule has 2 atom stereocenters. The number of rotatable bonds is 4. The van der Waals surface area contributed by atoms with Gasteiger partial charge in [0, 0.05) is 16.9 Å². The number of nitrogens with zero attached hydrogens (tertiary/aromatic N) is 1. The van der Waals surface area contributed by atoms with Crippen molar-refractivity contribution in [2.75, 3.05) is 0 Å². The fourth-order valence-corrected chi connectivity index (χ4v) is 2.24. The minimum atomic E-state index is -1.42. The van der Waals surface area contributed by atoms with Crippen LogP contribution in [0.5, 0.6) is 5.75 Å². The standard InChI is InChI=1S/C13H17FN2O2S/c1-13(2,3)19(18)16-11(6-7-15)10-8-9(14)4-5-12(10)17/h4-5,8,11,16-17H,6H2,1-3H3/t11-,19?/m1/s1. The van der Waals surface area contributed by atoms with Crippen LogP contribution in [0.3, 0.4) is 0 Å². The van der Waals surface area contributed by atoms with Crippen LogP contribution in [0.15, 0.2) is 18.2 Å². The minimum absolute atomic E-state index is 0.0150. The Morgan fingerprint density at radius 3 is 2.68 bits per heavy atom. The zero-order valence-electron chi connectivity index (χ0n) is 11.1. The highest BCUT2D eigenvalue weighted by Gasteiger charge is 2.30. The average Bonchev–Trinajstić information content (AvgIpc) is 2.30. The Labute approximate surface area is 115 Å². The molecule has 0 aliphatic heterocycles. The predicted molar refractivity (Wildman–Crippen MR) is 72.1 cm³/mol.